The van der Waals surface area contributed by atoms with Gasteiger partial charge in [-0.25, -0.2) is 0 Å². The molecule has 0 atom stereocenters. The number of nitrogens with two attached hydrogens (primary N) is 1. The molecule has 1 aromatic carbocycles. The van der Waals surface area contributed by atoms with E-state index in [1.807, 2.05) is 13.0 Å². The summed E-state index contributed by atoms with van der Waals surface area (Å²) in [5, 5.41) is 5.92. The number of benzene rings is 1. The highest BCUT2D eigenvalue weighted by molar-refractivity contribution is 5.99. The van der Waals surface area contributed by atoms with E-state index in [0.29, 0.717) is 17.8 Å². The van der Waals surface area contributed by atoms with Crippen LogP contribution in [0.25, 0.3) is 0 Å². The Bertz CT molecular complexity index is 325. The van der Waals surface area contributed by atoms with Crippen molar-refractivity contribution in [1.29, 1.82) is 0 Å². The van der Waals surface area contributed by atoms with Crippen LogP contribution in [0, 0.1) is 0 Å². The van der Waals surface area contributed by atoms with Crippen molar-refractivity contribution in [3.63, 3.8) is 0 Å². The fourth-order valence-electron chi connectivity index (χ4n) is 1.24. The van der Waals surface area contributed by atoms with Crippen molar-refractivity contribution in [3.05, 3.63) is 29.8 Å². The Morgan fingerprint density at radius 3 is 2.73 bits per heavy atom. The number of nitrogens with one attached hydrogen (secondary N) is 2. The summed E-state index contributed by atoms with van der Waals surface area (Å²) in [5.41, 5.74) is 6.72. The predicted octanol–water partition coefficient (Wildman–Crippen LogP) is 0.608. The maximum atomic E-state index is 11.6. The number of carbonyl (C=O) groups is 1. The molecule has 0 aliphatic heterocycles. The quantitative estimate of drug-likeness (QED) is 0.489. The van der Waals surface area contributed by atoms with Crippen molar-refractivity contribution in [1.82, 2.24) is 10.6 Å². The van der Waals surface area contributed by atoms with Crippen LogP contribution in [-0.4, -0.2) is 25.5 Å². The first-order chi connectivity index (χ1) is 7.25. The zero-order valence-electron chi connectivity index (χ0n) is 8.92. The Morgan fingerprint density at radius 1 is 1.33 bits per heavy atom. The second-order valence-electron chi connectivity index (χ2n) is 3.20. The average molecular weight is 207 g/mol. The molecule has 1 rings (SSSR count). The highest BCUT2D eigenvalue weighted by Gasteiger charge is 2.06. The SMILES string of the molecule is CCNCCNC(=O)c1ccccc1N. The number of nitrogen functional groups attached to an aromatic ring is 1. The Morgan fingerprint density at radius 2 is 2.07 bits per heavy atom. The summed E-state index contributed by atoms with van der Waals surface area (Å²) in [5.74, 6) is -0.119. The van der Waals surface area contributed by atoms with E-state index in [-0.39, 0.29) is 5.91 Å². The lowest BCUT2D eigenvalue weighted by Gasteiger charge is -2.07. The van der Waals surface area contributed by atoms with Crippen LogP contribution in [0.5, 0.6) is 0 Å². The Hall–Kier alpha value is -1.55. The fraction of sp³-hybridized carbons (Fsp3) is 0.364. The molecule has 0 unspecified atom stereocenters. The van der Waals surface area contributed by atoms with Gasteiger partial charge in [0, 0.05) is 18.8 Å². The van der Waals surface area contributed by atoms with Crippen LogP contribution in [0.4, 0.5) is 5.69 Å². The maximum Gasteiger partial charge on any atom is 0.253 e. The topological polar surface area (TPSA) is 67.1 Å². The molecule has 0 saturated heterocycles. The van der Waals surface area contributed by atoms with Gasteiger partial charge in [-0.2, -0.15) is 0 Å². The van der Waals surface area contributed by atoms with Crippen molar-refractivity contribution in [3.8, 4) is 0 Å². The lowest BCUT2D eigenvalue weighted by atomic mass is 10.2. The summed E-state index contributed by atoms with van der Waals surface area (Å²) in [6.07, 6.45) is 0. The van der Waals surface area contributed by atoms with E-state index in [1.165, 1.54) is 0 Å². The molecule has 0 fully saturated rings. The Kier molecular flexibility index (Phi) is 4.63. The molecule has 82 valence electrons. The monoisotopic (exact) mass is 207 g/mol. The molecular formula is C11H17N3O. The van der Waals surface area contributed by atoms with Crippen LogP contribution in [0.2, 0.25) is 0 Å². The highest BCUT2D eigenvalue weighted by Crippen LogP contribution is 2.09. The van der Waals surface area contributed by atoms with Crippen molar-refractivity contribution in [2.75, 3.05) is 25.4 Å². The molecule has 1 amide bonds. The van der Waals surface area contributed by atoms with Crippen LogP contribution in [0.1, 0.15) is 17.3 Å². The third-order valence-electron chi connectivity index (χ3n) is 2.04. The number of anilines is 1. The van der Waals surface area contributed by atoms with Crippen LogP contribution in [-0.2, 0) is 0 Å². The molecule has 0 bridgehead atoms. The smallest absolute Gasteiger partial charge is 0.253 e. The number of para-hydroxylation sites is 1. The number of rotatable bonds is 5. The summed E-state index contributed by atoms with van der Waals surface area (Å²) in [4.78, 5) is 11.6. The number of likely N-dealkylation sites (N-methyl/N-ethyl adjacent to an activating group) is 1. The molecule has 4 nitrogen and oxygen atoms in total. The van der Waals surface area contributed by atoms with E-state index in [9.17, 15) is 4.79 Å². The van der Waals surface area contributed by atoms with E-state index in [4.69, 9.17) is 5.73 Å². The van der Waals surface area contributed by atoms with Gasteiger partial charge in [0.25, 0.3) is 5.91 Å². The minimum Gasteiger partial charge on any atom is -0.398 e. The van der Waals surface area contributed by atoms with Gasteiger partial charge >= 0.3 is 0 Å². The molecule has 0 aliphatic carbocycles. The maximum absolute atomic E-state index is 11.6. The number of hydrogen-bond acceptors (Lipinski definition) is 3. The molecule has 4 N–H and O–H groups in total. The predicted molar refractivity (Wildman–Crippen MR) is 61.7 cm³/mol. The Labute approximate surface area is 89.9 Å². The molecule has 4 heteroatoms. The first-order valence-electron chi connectivity index (χ1n) is 5.09. The van der Waals surface area contributed by atoms with Gasteiger partial charge in [-0.05, 0) is 18.7 Å². The summed E-state index contributed by atoms with van der Waals surface area (Å²) < 4.78 is 0. The molecule has 0 saturated carbocycles. The summed E-state index contributed by atoms with van der Waals surface area (Å²) >= 11 is 0. The van der Waals surface area contributed by atoms with Crippen LogP contribution >= 0.6 is 0 Å². The zero-order chi connectivity index (χ0) is 11.1. The Balaban J connectivity index is 2.44. The van der Waals surface area contributed by atoms with E-state index < -0.39 is 0 Å². The molecular weight excluding hydrogens is 190 g/mol. The normalized spacial score (nSPS) is 9.93. The fourth-order valence-corrected chi connectivity index (χ4v) is 1.24. The van der Waals surface area contributed by atoms with E-state index >= 15 is 0 Å². The van der Waals surface area contributed by atoms with Crippen LogP contribution in [0.15, 0.2) is 24.3 Å². The molecule has 0 radical (unpaired) electrons. The van der Waals surface area contributed by atoms with E-state index in [1.54, 1.807) is 18.2 Å². The largest absolute Gasteiger partial charge is 0.398 e. The van der Waals surface area contributed by atoms with Gasteiger partial charge in [0.05, 0.1) is 5.56 Å². The molecule has 1 aromatic rings. The summed E-state index contributed by atoms with van der Waals surface area (Å²) in [6, 6.07) is 7.05. The van der Waals surface area contributed by atoms with Crippen LogP contribution < -0.4 is 16.4 Å². The van der Waals surface area contributed by atoms with Crippen molar-refractivity contribution in [2.45, 2.75) is 6.92 Å². The van der Waals surface area contributed by atoms with Crippen molar-refractivity contribution < 1.29 is 4.79 Å². The van der Waals surface area contributed by atoms with Crippen LogP contribution in [0.3, 0.4) is 0 Å². The van der Waals surface area contributed by atoms with Gasteiger partial charge in [-0.1, -0.05) is 19.1 Å². The average Bonchev–Trinajstić information content (AvgIpc) is 2.25. The minimum absolute atomic E-state index is 0.119. The number of amides is 1. The number of carbonyl (C=O) groups excluding carboxylic acids is 1. The van der Waals surface area contributed by atoms with Crippen molar-refractivity contribution in [2.24, 2.45) is 0 Å². The first-order valence-corrected chi connectivity index (χ1v) is 5.09. The second-order valence-corrected chi connectivity index (χ2v) is 3.20. The van der Waals surface area contributed by atoms with E-state index in [2.05, 4.69) is 10.6 Å². The number of hydrogen-bond donors (Lipinski definition) is 3. The molecule has 0 heterocycles. The lowest BCUT2D eigenvalue weighted by Crippen LogP contribution is -2.32. The molecule has 0 aliphatic rings. The molecule has 15 heavy (non-hydrogen) atoms. The summed E-state index contributed by atoms with van der Waals surface area (Å²) in [6.45, 7) is 4.32. The summed E-state index contributed by atoms with van der Waals surface area (Å²) in [7, 11) is 0. The first kappa shape index (κ1) is 11.5. The van der Waals surface area contributed by atoms with Gasteiger partial charge in [-0.3, -0.25) is 4.79 Å². The molecule has 0 aromatic heterocycles. The van der Waals surface area contributed by atoms with Crippen molar-refractivity contribution >= 4 is 11.6 Å². The zero-order valence-corrected chi connectivity index (χ0v) is 8.92. The van der Waals surface area contributed by atoms with Gasteiger partial charge in [0.15, 0.2) is 0 Å². The van der Waals surface area contributed by atoms with Gasteiger partial charge < -0.3 is 16.4 Å². The minimum atomic E-state index is -0.119. The third-order valence-corrected chi connectivity index (χ3v) is 2.04. The van der Waals surface area contributed by atoms with Gasteiger partial charge in [-0.15, -0.1) is 0 Å². The standard InChI is InChI=1S/C11H17N3O/c1-2-13-7-8-14-11(15)9-5-3-4-6-10(9)12/h3-6,13H,2,7-8,12H2,1H3,(H,14,15). The second kappa shape index (κ2) is 6.03. The van der Waals surface area contributed by atoms with Gasteiger partial charge in [0.2, 0.25) is 0 Å². The third kappa shape index (κ3) is 3.59. The highest BCUT2D eigenvalue weighted by atomic mass is 16.1. The lowest BCUT2D eigenvalue weighted by molar-refractivity contribution is 0.0955. The van der Waals surface area contributed by atoms with E-state index in [0.717, 1.165) is 13.1 Å². The van der Waals surface area contributed by atoms with Gasteiger partial charge in [0.1, 0.15) is 0 Å². The molecule has 0 spiro atoms.